The molecule has 6 aliphatic rings. The summed E-state index contributed by atoms with van der Waals surface area (Å²) in [5, 5.41) is 75.0. The molecule has 6 rings (SSSR count). The Bertz CT molecular complexity index is 1770. The Morgan fingerprint density at radius 2 is 1.84 bits per heavy atom. The van der Waals surface area contributed by atoms with E-state index >= 15 is 0 Å². The number of guanidine groups is 1. The van der Waals surface area contributed by atoms with Crippen molar-refractivity contribution in [3.63, 3.8) is 0 Å². The third kappa shape index (κ3) is 10.6. The number of aliphatic hydroxyl groups excluding tert-OH is 4. The first-order valence-electron chi connectivity index (χ1n) is 21.9. The summed E-state index contributed by atoms with van der Waals surface area (Å²) in [6.45, 7) is 6.53. The molecule has 10 N–H and O–H groups in total. The predicted molar refractivity (Wildman–Crippen MR) is 223 cm³/mol. The molecule has 1 saturated heterocycles. The molecule has 346 valence electrons. The van der Waals surface area contributed by atoms with Crippen LogP contribution in [-0.4, -0.2) is 147 Å². The number of aliphatic carboxylic acids is 1. The van der Waals surface area contributed by atoms with Crippen LogP contribution in [0.4, 0.5) is 0 Å². The molecule has 0 bridgehead atoms. The van der Waals surface area contributed by atoms with E-state index in [0.29, 0.717) is 17.4 Å². The fourth-order valence-electron chi connectivity index (χ4n) is 10.3. The number of nitrogens with zero attached hydrogens (tertiary/aromatic N) is 2. The second kappa shape index (κ2) is 20.3. The zero-order valence-corrected chi connectivity index (χ0v) is 35.8. The molecule has 3 aliphatic heterocycles. The van der Waals surface area contributed by atoms with Gasteiger partial charge in [-0.2, -0.15) is 0 Å². The third-order valence-electron chi connectivity index (χ3n) is 13.3. The van der Waals surface area contributed by atoms with Gasteiger partial charge in [-0.25, -0.2) is 9.59 Å². The molecule has 9 atom stereocenters. The molecule has 62 heavy (non-hydrogen) atoms. The average Bonchev–Trinajstić information content (AvgIpc) is 3.96. The summed E-state index contributed by atoms with van der Waals surface area (Å²) in [6, 6.07) is 0. The minimum Gasteiger partial charge on any atom is -0.478 e. The van der Waals surface area contributed by atoms with E-state index in [4.69, 9.17) is 29.4 Å². The molecule has 4 fully saturated rings. The first-order valence-corrected chi connectivity index (χ1v) is 21.9. The van der Waals surface area contributed by atoms with Gasteiger partial charge in [0.15, 0.2) is 18.4 Å². The largest absolute Gasteiger partial charge is 0.478 e. The van der Waals surface area contributed by atoms with Crippen LogP contribution in [0.2, 0.25) is 0 Å². The van der Waals surface area contributed by atoms with Crippen molar-refractivity contribution >= 4 is 17.9 Å². The lowest BCUT2D eigenvalue weighted by molar-refractivity contribution is -0.413. The Kier molecular flexibility index (Phi) is 15.6. The van der Waals surface area contributed by atoms with Gasteiger partial charge in [0.1, 0.15) is 18.3 Å². The summed E-state index contributed by atoms with van der Waals surface area (Å²) in [7, 11) is 0. The van der Waals surface area contributed by atoms with Gasteiger partial charge < -0.3 is 75.4 Å². The van der Waals surface area contributed by atoms with E-state index in [0.717, 1.165) is 32.1 Å². The van der Waals surface area contributed by atoms with E-state index < -0.39 is 73.2 Å². The van der Waals surface area contributed by atoms with Crippen LogP contribution in [0.1, 0.15) is 84.5 Å². The fourth-order valence-corrected chi connectivity index (χ4v) is 10.3. The number of hydrogen-bond donors (Lipinski definition) is 9. The second-order valence-corrected chi connectivity index (χ2v) is 18.0. The summed E-state index contributed by atoms with van der Waals surface area (Å²) in [6.07, 6.45) is 9.81. The van der Waals surface area contributed by atoms with Crippen molar-refractivity contribution in [2.75, 3.05) is 39.5 Å². The molecule has 0 aromatic heterocycles. The van der Waals surface area contributed by atoms with Crippen molar-refractivity contribution in [3.05, 3.63) is 59.7 Å². The third-order valence-corrected chi connectivity index (χ3v) is 13.3. The van der Waals surface area contributed by atoms with Gasteiger partial charge >= 0.3 is 11.9 Å². The Labute approximate surface area is 362 Å². The van der Waals surface area contributed by atoms with Gasteiger partial charge in [0, 0.05) is 38.4 Å². The smallest absolute Gasteiger partial charge is 0.339 e. The van der Waals surface area contributed by atoms with Crippen LogP contribution in [0.15, 0.2) is 64.7 Å². The number of allylic oxidation sites excluding steroid dienone is 1. The van der Waals surface area contributed by atoms with Gasteiger partial charge in [-0.1, -0.05) is 31.1 Å². The number of aliphatic imine (C=N–C) groups is 1. The highest BCUT2D eigenvalue weighted by atomic mass is 16.8. The highest BCUT2D eigenvalue weighted by molar-refractivity contribution is 5.95. The van der Waals surface area contributed by atoms with E-state index in [2.05, 4.69) is 16.9 Å². The molecule has 0 aromatic carbocycles. The molecule has 3 saturated carbocycles. The Balaban J connectivity index is 1.34. The lowest BCUT2D eigenvalue weighted by Crippen LogP contribution is -2.69. The van der Waals surface area contributed by atoms with E-state index in [9.17, 15) is 45.3 Å². The minimum absolute atomic E-state index is 0.0917. The van der Waals surface area contributed by atoms with Gasteiger partial charge in [-0.05, 0) is 88.0 Å². The molecule has 0 radical (unpaired) electrons. The van der Waals surface area contributed by atoms with Crippen LogP contribution in [0.3, 0.4) is 0 Å². The Hall–Kier alpha value is -3.85. The van der Waals surface area contributed by atoms with Gasteiger partial charge in [-0.3, -0.25) is 4.99 Å². The Morgan fingerprint density at radius 1 is 1.10 bits per heavy atom. The number of ether oxygens (including phenoxy) is 5. The maximum absolute atomic E-state index is 14.4. The van der Waals surface area contributed by atoms with Crippen LogP contribution < -0.4 is 11.1 Å². The van der Waals surface area contributed by atoms with Gasteiger partial charge in [0.25, 0.3) is 0 Å². The predicted octanol–water partition coefficient (Wildman–Crippen LogP) is 1.41. The molecule has 3 heterocycles. The summed E-state index contributed by atoms with van der Waals surface area (Å²) in [5.74, 6) is -6.73. The summed E-state index contributed by atoms with van der Waals surface area (Å²) in [5.41, 5.74) is 7.20. The van der Waals surface area contributed by atoms with Gasteiger partial charge in [0.2, 0.25) is 12.1 Å². The number of hydrogen-bond acceptors (Lipinski definition) is 15. The van der Waals surface area contributed by atoms with Crippen molar-refractivity contribution < 1.29 is 69.0 Å². The van der Waals surface area contributed by atoms with Crippen molar-refractivity contribution in [1.82, 2.24) is 10.2 Å². The van der Waals surface area contributed by atoms with Crippen molar-refractivity contribution in [2.45, 2.75) is 133 Å². The molecule has 3 aliphatic carbocycles. The minimum atomic E-state index is -2.92. The quantitative estimate of drug-likeness (QED) is 0.0250. The van der Waals surface area contributed by atoms with Crippen LogP contribution in [0, 0.1) is 22.7 Å². The molecular weight excluding hydrogens is 808 g/mol. The van der Waals surface area contributed by atoms with Crippen molar-refractivity contribution in [1.29, 1.82) is 0 Å². The molecule has 0 aromatic rings. The normalized spacial score (nSPS) is 33.3. The SMILES string of the molecule is C=CC1C(OC2OC(CO)C(O)C(O)(O)C2OC(C)C)OC=C(C(=O)OC2CCC3(CCC4(CCCC4)C3)C2)C1C=CC1=C(NC(N)=NCCCO)C(C(=O)O)=CN(CCO)C1. The number of carboxylic acid groups (broad SMARTS) is 1. The molecule has 18 heteroatoms. The zero-order valence-electron chi connectivity index (χ0n) is 35.8. The standard InChI is InChI=1S/C44H66N4O14/c1-4-29-30(9-8-27-21-48(17-19-50)22-31(37(53)54)34(27)47-41(45)46-16-7-18-49)32(38(55)60-28-10-13-43(20-28)15-14-42(25-43)11-5-6-12-42)24-58-39(29)62-40-36(59-26(2)3)44(56,57)35(52)33(23-51)61-40/h4,8-9,22,24,26,28-30,33,35-36,39-40,49-52,56-57H,1,5-7,10-21,23,25H2,2-3H3,(H,53,54)(H3,45,46,47). The van der Waals surface area contributed by atoms with Crippen molar-refractivity contribution in [2.24, 2.45) is 33.4 Å². The maximum atomic E-state index is 14.4. The fraction of sp³-hybridized carbons (Fsp3) is 0.705. The molecule has 9 unspecified atom stereocenters. The van der Waals surface area contributed by atoms with Crippen molar-refractivity contribution in [3.8, 4) is 0 Å². The molecule has 0 amide bonds. The van der Waals surface area contributed by atoms with E-state index in [-0.39, 0.29) is 67.2 Å². The summed E-state index contributed by atoms with van der Waals surface area (Å²) < 4.78 is 30.2. The number of β-amino-alcohol motifs (C(OH)–C–C–N with tert-alkyl or cyclic N) is 1. The summed E-state index contributed by atoms with van der Waals surface area (Å²) >= 11 is 0. The highest BCUT2D eigenvalue weighted by Gasteiger charge is 2.58. The van der Waals surface area contributed by atoms with E-state index in [1.54, 1.807) is 30.9 Å². The number of carbonyl (C=O) groups excluding carboxylic acids is 1. The first kappa shape index (κ1) is 47.6. The second-order valence-electron chi connectivity index (χ2n) is 18.0. The lowest BCUT2D eigenvalue weighted by Gasteiger charge is -2.48. The number of esters is 1. The van der Waals surface area contributed by atoms with Crippen LogP contribution in [0.5, 0.6) is 0 Å². The Morgan fingerprint density at radius 3 is 2.50 bits per heavy atom. The number of rotatable bonds is 17. The summed E-state index contributed by atoms with van der Waals surface area (Å²) in [4.78, 5) is 32.8. The average molecular weight is 875 g/mol. The number of aliphatic hydroxyl groups is 6. The van der Waals surface area contributed by atoms with Gasteiger partial charge in [-0.15, -0.1) is 6.58 Å². The molecule has 2 spiro atoms. The topological polar surface area (TPSA) is 276 Å². The van der Waals surface area contributed by atoms with Crippen LogP contribution in [0.25, 0.3) is 0 Å². The number of nitrogens with two attached hydrogens (primary N) is 1. The van der Waals surface area contributed by atoms with Crippen LogP contribution >= 0.6 is 0 Å². The van der Waals surface area contributed by atoms with Crippen LogP contribution in [-0.2, 0) is 33.3 Å². The van der Waals surface area contributed by atoms with E-state index in [1.165, 1.54) is 50.6 Å². The monoisotopic (exact) mass is 874 g/mol. The maximum Gasteiger partial charge on any atom is 0.339 e. The molecular formula is C44H66N4O14. The lowest BCUT2D eigenvalue weighted by atomic mass is 9.77. The first-order chi connectivity index (χ1) is 29.6. The highest BCUT2D eigenvalue weighted by Crippen LogP contribution is 2.63. The molecule has 18 nitrogen and oxygen atoms in total. The van der Waals surface area contributed by atoms with E-state index in [1.807, 2.05) is 0 Å². The number of carboxylic acids is 1. The number of carbonyl (C=O) groups is 2. The zero-order chi connectivity index (χ0) is 44.8. The van der Waals surface area contributed by atoms with Gasteiger partial charge in [0.05, 0.1) is 48.3 Å². The number of nitrogens with one attached hydrogen (secondary N) is 1.